The molecule has 0 aromatic heterocycles. The number of hydrogen-bond acceptors (Lipinski definition) is 5. The summed E-state index contributed by atoms with van der Waals surface area (Å²) in [7, 11) is 0. The van der Waals surface area contributed by atoms with Gasteiger partial charge >= 0.3 is 18.0 Å². The van der Waals surface area contributed by atoms with Gasteiger partial charge in [0.05, 0.1) is 19.1 Å². The number of benzene rings is 1. The Labute approximate surface area is 161 Å². The molecule has 1 saturated heterocycles. The largest absolute Gasteiger partial charge is 0.481 e. The molecule has 1 fully saturated rings. The lowest BCUT2D eigenvalue weighted by Crippen LogP contribution is -2.34. The van der Waals surface area contributed by atoms with Crippen LogP contribution in [0, 0.1) is 0 Å². The zero-order valence-electron chi connectivity index (χ0n) is 15.2. The van der Waals surface area contributed by atoms with Gasteiger partial charge in [0.1, 0.15) is 12.7 Å². The summed E-state index contributed by atoms with van der Waals surface area (Å²) < 4.78 is 38.7. The third-order valence-corrected chi connectivity index (χ3v) is 4.21. The van der Waals surface area contributed by atoms with Gasteiger partial charge in [-0.05, 0) is 6.42 Å². The number of carboxylic acids is 1. The van der Waals surface area contributed by atoms with E-state index in [0.29, 0.717) is 6.42 Å². The van der Waals surface area contributed by atoms with Crippen LogP contribution < -0.4 is 0 Å². The normalized spacial score (nSPS) is 18.5. The molecule has 0 saturated carbocycles. The van der Waals surface area contributed by atoms with Crippen molar-refractivity contribution in [1.29, 1.82) is 0 Å². The number of carboxylic acid groups (broad SMARTS) is 1. The van der Waals surface area contributed by atoms with E-state index in [4.69, 9.17) is 14.6 Å². The van der Waals surface area contributed by atoms with Crippen LogP contribution in [-0.2, 0) is 20.2 Å². The first kappa shape index (κ1) is 21.8. The first-order valence-electron chi connectivity index (χ1n) is 8.85. The molecule has 1 amide bonds. The minimum atomic E-state index is -3.47. The number of carbonyl (C=O) groups is 2. The Balaban J connectivity index is 1.87. The summed E-state index contributed by atoms with van der Waals surface area (Å²) in [5, 5.41) is 18.4. The predicted octanol–water partition coefficient (Wildman–Crippen LogP) is 2.40. The molecule has 0 aliphatic carbocycles. The van der Waals surface area contributed by atoms with Crippen LogP contribution in [-0.4, -0.2) is 65.7 Å². The van der Waals surface area contributed by atoms with E-state index in [9.17, 15) is 23.5 Å². The van der Waals surface area contributed by atoms with Crippen molar-refractivity contribution in [2.45, 2.75) is 30.9 Å². The van der Waals surface area contributed by atoms with Gasteiger partial charge < -0.3 is 19.7 Å². The first-order valence-corrected chi connectivity index (χ1v) is 8.85. The average Bonchev–Trinajstić information content (AvgIpc) is 3.02. The third-order valence-electron chi connectivity index (χ3n) is 4.21. The molecule has 2 N–H and O–H groups in total. The van der Waals surface area contributed by atoms with E-state index in [0.717, 1.165) is 6.08 Å². The molecule has 0 radical (unpaired) electrons. The molecule has 1 aromatic carbocycles. The number of cyclic esters (lactones) is 1. The Bertz CT molecular complexity index is 682. The Morgan fingerprint density at radius 1 is 1.36 bits per heavy atom. The lowest BCUT2D eigenvalue weighted by Gasteiger charge is -2.22. The Kier molecular flexibility index (Phi) is 7.89. The second-order valence-electron chi connectivity index (χ2n) is 6.27. The molecular weight excluding hydrogens is 376 g/mol. The number of ether oxygens (including phenoxy) is 2. The van der Waals surface area contributed by atoms with Gasteiger partial charge in [0.15, 0.2) is 0 Å². The van der Waals surface area contributed by atoms with E-state index in [-0.39, 0.29) is 38.3 Å². The van der Waals surface area contributed by atoms with Crippen LogP contribution in [0.15, 0.2) is 42.5 Å². The number of aliphatic hydroxyl groups excluding tert-OH is 1. The number of aliphatic carboxylic acids is 1. The zero-order valence-corrected chi connectivity index (χ0v) is 15.2. The fourth-order valence-corrected chi connectivity index (χ4v) is 2.67. The van der Waals surface area contributed by atoms with E-state index in [1.165, 1.54) is 35.2 Å². The third kappa shape index (κ3) is 6.00. The number of rotatable bonds is 11. The molecular formula is C19H23F2NO6. The lowest BCUT2D eigenvalue weighted by atomic mass is 10.0. The van der Waals surface area contributed by atoms with Crippen molar-refractivity contribution in [3.05, 3.63) is 48.0 Å². The number of amides is 1. The summed E-state index contributed by atoms with van der Waals surface area (Å²) in [6, 6.07) is 6.42. The maximum Gasteiger partial charge on any atom is 0.410 e. The van der Waals surface area contributed by atoms with Crippen LogP contribution in [0.1, 0.15) is 18.4 Å². The highest BCUT2D eigenvalue weighted by Gasteiger charge is 2.39. The number of nitrogens with zero attached hydrogens (tertiary/aromatic N) is 1. The molecule has 2 atom stereocenters. The van der Waals surface area contributed by atoms with Crippen molar-refractivity contribution < 1.29 is 38.1 Å². The summed E-state index contributed by atoms with van der Waals surface area (Å²) in [5.74, 6) is -4.43. The Morgan fingerprint density at radius 2 is 2.07 bits per heavy atom. The maximum atomic E-state index is 14.3. The molecule has 28 heavy (non-hydrogen) atoms. The van der Waals surface area contributed by atoms with Crippen LogP contribution in [0.5, 0.6) is 0 Å². The molecule has 2 unspecified atom stereocenters. The Morgan fingerprint density at radius 3 is 2.75 bits per heavy atom. The lowest BCUT2D eigenvalue weighted by molar-refractivity contribution is -0.138. The van der Waals surface area contributed by atoms with Crippen molar-refractivity contribution in [3.8, 4) is 0 Å². The van der Waals surface area contributed by atoms with Crippen molar-refractivity contribution >= 4 is 12.1 Å². The van der Waals surface area contributed by atoms with Gasteiger partial charge in [-0.3, -0.25) is 9.69 Å². The van der Waals surface area contributed by atoms with E-state index in [2.05, 4.69) is 0 Å². The monoisotopic (exact) mass is 399 g/mol. The van der Waals surface area contributed by atoms with Gasteiger partial charge in [0.25, 0.3) is 0 Å². The molecule has 1 aromatic rings. The smallest absolute Gasteiger partial charge is 0.410 e. The minimum absolute atomic E-state index is 0.00116. The standard InChI is InChI=1S/C19H23F2NO6/c20-19(21,14-5-2-1-3-6-14)16(23)8-7-15-13-28-18(26)22(15)10-4-11-27-12-9-17(24)25/h1-3,5-8,15-16,23H,4,9-13H2,(H,24,25)/b8-7+. The van der Waals surface area contributed by atoms with Crippen molar-refractivity contribution in [2.24, 2.45) is 0 Å². The van der Waals surface area contributed by atoms with Crippen LogP contribution in [0.3, 0.4) is 0 Å². The van der Waals surface area contributed by atoms with Crippen LogP contribution in [0.25, 0.3) is 0 Å². The van der Waals surface area contributed by atoms with E-state index in [1.807, 2.05) is 0 Å². The second-order valence-corrected chi connectivity index (χ2v) is 6.27. The van der Waals surface area contributed by atoms with Crippen molar-refractivity contribution in [2.75, 3.05) is 26.4 Å². The van der Waals surface area contributed by atoms with Gasteiger partial charge in [-0.25, -0.2) is 4.79 Å². The highest BCUT2D eigenvalue weighted by molar-refractivity contribution is 5.70. The summed E-state index contributed by atoms with van der Waals surface area (Å²) >= 11 is 0. The zero-order chi connectivity index (χ0) is 20.6. The molecule has 2 rings (SSSR count). The van der Waals surface area contributed by atoms with Gasteiger partial charge in [-0.2, -0.15) is 8.78 Å². The second kappa shape index (κ2) is 10.1. The summed E-state index contributed by atoms with van der Waals surface area (Å²) in [6.45, 7) is 0.580. The summed E-state index contributed by atoms with van der Waals surface area (Å²) in [6.07, 6.45) is -0.00332. The van der Waals surface area contributed by atoms with Gasteiger partial charge in [-0.15, -0.1) is 0 Å². The van der Waals surface area contributed by atoms with E-state index >= 15 is 0 Å². The van der Waals surface area contributed by atoms with Crippen molar-refractivity contribution in [3.63, 3.8) is 0 Å². The highest BCUT2D eigenvalue weighted by Crippen LogP contribution is 2.32. The maximum absolute atomic E-state index is 14.3. The molecule has 154 valence electrons. The number of alkyl halides is 2. The van der Waals surface area contributed by atoms with Crippen LogP contribution in [0.2, 0.25) is 0 Å². The first-order chi connectivity index (χ1) is 13.3. The Hall–Kier alpha value is -2.52. The fraction of sp³-hybridized carbons (Fsp3) is 0.474. The molecule has 9 heteroatoms. The van der Waals surface area contributed by atoms with E-state index < -0.39 is 30.1 Å². The van der Waals surface area contributed by atoms with Gasteiger partial charge in [0.2, 0.25) is 0 Å². The molecule has 0 spiro atoms. The molecule has 1 aliphatic rings. The average molecular weight is 399 g/mol. The SMILES string of the molecule is O=C(O)CCOCCCN1C(=O)OCC1/C=C/C(O)C(F)(F)c1ccccc1. The molecule has 1 heterocycles. The fourth-order valence-electron chi connectivity index (χ4n) is 2.67. The quantitative estimate of drug-likeness (QED) is 0.438. The number of hydrogen-bond donors (Lipinski definition) is 2. The molecule has 7 nitrogen and oxygen atoms in total. The summed E-state index contributed by atoms with van der Waals surface area (Å²) in [5.41, 5.74) is -0.304. The van der Waals surface area contributed by atoms with Crippen LogP contribution in [0.4, 0.5) is 13.6 Å². The molecule has 1 aliphatic heterocycles. The number of aliphatic hydroxyl groups is 1. The number of carbonyl (C=O) groups excluding carboxylic acids is 1. The highest BCUT2D eigenvalue weighted by atomic mass is 19.3. The van der Waals surface area contributed by atoms with E-state index in [1.54, 1.807) is 6.07 Å². The van der Waals surface area contributed by atoms with Crippen LogP contribution >= 0.6 is 0 Å². The molecule has 0 bridgehead atoms. The number of halogens is 2. The summed E-state index contributed by atoms with van der Waals surface area (Å²) in [4.78, 5) is 23.5. The van der Waals surface area contributed by atoms with Gasteiger partial charge in [-0.1, -0.05) is 42.5 Å². The minimum Gasteiger partial charge on any atom is -0.481 e. The predicted molar refractivity (Wildman–Crippen MR) is 95.0 cm³/mol. The van der Waals surface area contributed by atoms with Gasteiger partial charge in [0, 0.05) is 18.7 Å². The van der Waals surface area contributed by atoms with Crippen molar-refractivity contribution in [1.82, 2.24) is 4.90 Å². The topological polar surface area (TPSA) is 96.3 Å².